The second kappa shape index (κ2) is 5.10. The van der Waals surface area contributed by atoms with Crippen LogP contribution in [0.15, 0.2) is 30.5 Å². The number of benzene rings is 1. The third-order valence-electron chi connectivity index (χ3n) is 2.44. The van der Waals surface area contributed by atoms with Crippen molar-refractivity contribution in [2.75, 3.05) is 0 Å². The molecule has 0 unspecified atom stereocenters. The Labute approximate surface area is 104 Å². The van der Waals surface area contributed by atoms with E-state index >= 15 is 0 Å². The van der Waals surface area contributed by atoms with Crippen LogP contribution >= 0.6 is 11.3 Å². The average molecular weight is 247 g/mol. The Kier molecular flexibility index (Phi) is 3.54. The molecule has 1 heterocycles. The molecule has 2 rings (SSSR count). The van der Waals surface area contributed by atoms with Crippen LogP contribution in [-0.2, 0) is 11.2 Å². The Bertz CT molecular complexity index is 516. The van der Waals surface area contributed by atoms with Gasteiger partial charge >= 0.3 is 5.97 Å². The summed E-state index contributed by atoms with van der Waals surface area (Å²) in [4.78, 5) is 15.8. The van der Waals surface area contributed by atoms with Gasteiger partial charge in [0.25, 0.3) is 0 Å². The molecule has 0 aliphatic carbocycles. The van der Waals surface area contributed by atoms with Crippen molar-refractivity contribution in [2.45, 2.75) is 19.8 Å². The topological polar surface area (TPSA) is 50.2 Å². The Hall–Kier alpha value is -1.68. The van der Waals surface area contributed by atoms with Gasteiger partial charge in [-0.2, -0.15) is 0 Å². The number of nitrogens with zero attached hydrogens (tertiary/aromatic N) is 1. The first-order chi connectivity index (χ1) is 8.15. The molecule has 88 valence electrons. The second-order valence-corrected chi connectivity index (χ2v) is 4.99. The van der Waals surface area contributed by atoms with Gasteiger partial charge in [0, 0.05) is 12.6 Å². The van der Waals surface area contributed by atoms with Crippen molar-refractivity contribution in [3.05, 3.63) is 41.0 Å². The van der Waals surface area contributed by atoms with E-state index < -0.39 is 5.97 Å². The quantitative estimate of drug-likeness (QED) is 0.903. The zero-order valence-corrected chi connectivity index (χ0v) is 10.3. The molecule has 0 amide bonds. The van der Waals surface area contributed by atoms with E-state index in [2.05, 4.69) is 36.2 Å². The van der Waals surface area contributed by atoms with Gasteiger partial charge in [-0.1, -0.05) is 29.8 Å². The predicted octanol–water partition coefficient (Wildman–Crippen LogP) is 3.14. The fourth-order valence-electron chi connectivity index (χ4n) is 1.49. The Morgan fingerprint density at radius 3 is 2.71 bits per heavy atom. The Morgan fingerprint density at radius 1 is 1.35 bits per heavy atom. The summed E-state index contributed by atoms with van der Waals surface area (Å²) in [6, 6.07) is 8.24. The fraction of sp³-hybridized carbons (Fsp3) is 0.231. The van der Waals surface area contributed by atoms with Gasteiger partial charge in [-0.05, 0) is 12.5 Å². The van der Waals surface area contributed by atoms with E-state index in [4.69, 9.17) is 5.11 Å². The monoisotopic (exact) mass is 247 g/mol. The van der Waals surface area contributed by atoms with Crippen molar-refractivity contribution >= 4 is 17.3 Å². The van der Waals surface area contributed by atoms with Crippen LogP contribution in [0.1, 0.15) is 17.0 Å². The summed E-state index contributed by atoms with van der Waals surface area (Å²) >= 11 is 1.56. The van der Waals surface area contributed by atoms with Crippen LogP contribution in [0.4, 0.5) is 0 Å². The van der Waals surface area contributed by atoms with Gasteiger partial charge < -0.3 is 5.11 Å². The van der Waals surface area contributed by atoms with Crippen LogP contribution in [-0.4, -0.2) is 16.1 Å². The number of aliphatic carboxylic acids is 1. The molecule has 0 spiro atoms. The number of carboxylic acid groups (broad SMARTS) is 1. The van der Waals surface area contributed by atoms with Crippen molar-refractivity contribution in [2.24, 2.45) is 0 Å². The highest BCUT2D eigenvalue weighted by Gasteiger charge is 2.06. The lowest BCUT2D eigenvalue weighted by Crippen LogP contribution is -1.96. The lowest BCUT2D eigenvalue weighted by atomic mass is 10.1. The third-order valence-corrected chi connectivity index (χ3v) is 3.55. The minimum Gasteiger partial charge on any atom is -0.481 e. The minimum atomic E-state index is -0.780. The molecule has 0 radical (unpaired) electrons. The molecule has 0 fully saturated rings. The molecule has 0 aliphatic heterocycles. The molecule has 0 saturated heterocycles. The van der Waals surface area contributed by atoms with E-state index in [1.807, 2.05) is 6.20 Å². The molecule has 1 aromatic carbocycles. The summed E-state index contributed by atoms with van der Waals surface area (Å²) in [6.45, 7) is 2.05. The maximum absolute atomic E-state index is 10.5. The van der Waals surface area contributed by atoms with E-state index in [0.29, 0.717) is 6.42 Å². The predicted molar refractivity (Wildman–Crippen MR) is 68.2 cm³/mol. The fourth-order valence-corrected chi connectivity index (χ4v) is 2.41. The van der Waals surface area contributed by atoms with Gasteiger partial charge in [0.1, 0.15) is 0 Å². The number of aryl methyl sites for hydroxylation is 2. The second-order valence-electron chi connectivity index (χ2n) is 3.88. The highest BCUT2D eigenvalue weighted by molar-refractivity contribution is 7.15. The largest absolute Gasteiger partial charge is 0.481 e. The van der Waals surface area contributed by atoms with Crippen molar-refractivity contribution in [3.63, 3.8) is 0 Å². The molecule has 0 aliphatic rings. The number of rotatable bonds is 4. The molecule has 3 nitrogen and oxygen atoms in total. The van der Waals surface area contributed by atoms with Crippen LogP contribution < -0.4 is 0 Å². The first-order valence-corrected chi connectivity index (χ1v) is 6.20. The zero-order valence-electron chi connectivity index (χ0n) is 9.51. The van der Waals surface area contributed by atoms with Gasteiger partial charge in [0.2, 0.25) is 0 Å². The van der Waals surface area contributed by atoms with Gasteiger partial charge in [0.15, 0.2) is 0 Å². The highest BCUT2D eigenvalue weighted by atomic mass is 32.1. The number of thiazole rings is 1. The van der Waals surface area contributed by atoms with E-state index in [9.17, 15) is 4.79 Å². The van der Waals surface area contributed by atoms with Gasteiger partial charge in [-0.15, -0.1) is 11.3 Å². The molecule has 0 saturated carbocycles. The molecule has 0 atom stereocenters. The maximum atomic E-state index is 10.5. The molecule has 0 bridgehead atoms. The average Bonchev–Trinajstić information content (AvgIpc) is 2.76. The van der Waals surface area contributed by atoms with Crippen molar-refractivity contribution in [1.82, 2.24) is 4.98 Å². The Balaban J connectivity index is 2.12. The van der Waals surface area contributed by atoms with Crippen LogP contribution in [0.3, 0.4) is 0 Å². The summed E-state index contributed by atoms with van der Waals surface area (Å²) in [6.07, 6.45) is 2.46. The summed E-state index contributed by atoms with van der Waals surface area (Å²) < 4.78 is 0. The summed E-state index contributed by atoms with van der Waals surface area (Å²) in [5.41, 5.74) is 2.36. The number of hydrogen-bond donors (Lipinski definition) is 1. The molecule has 1 N–H and O–H groups in total. The van der Waals surface area contributed by atoms with Crippen LogP contribution in [0.25, 0.3) is 10.4 Å². The molecule has 17 heavy (non-hydrogen) atoms. The number of carbonyl (C=O) groups is 1. The number of carboxylic acids is 1. The van der Waals surface area contributed by atoms with E-state index in [0.717, 1.165) is 15.4 Å². The molecule has 1 aromatic heterocycles. The van der Waals surface area contributed by atoms with Crippen LogP contribution in [0.2, 0.25) is 0 Å². The van der Waals surface area contributed by atoms with E-state index in [1.54, 1.807) is 11.3 Å². The number of hydrogen-bond acceptors (Lipinski definition) is 3. The van der Waals surface area contributed by atoms with Crippen molar-refractivity contribution in [3.8, 4) is 10.4 Å². The first kappa shape index (κ1) is 11.8. The third kappa shape index (κ3) is 3.14. The minimum absolute atomic E-state index is 0.140. The lowest BCUT2D eigenvalue weighted by Gasteiger charge is -1.96. The lowest BCUT2D eigenvalue weighted by molar-refractivity contribution is -0.136. The highest BCUT2D eigenvalue weighted by Crippen LogP contribution is 2.26. The van der Waals surface area contributed by atoms with Gasteiger partial charge in [0.05, 0.1) is 16.3 Å². The van der Waals surface area contributed by atoms with E-state index in [1.165, 1.54) is 5.56 Å². The summed E-state index contributed by atoms with van der Waals surface area (Å²) in [7, 11) is 0. The standard InChI is InChI=1S/C13H13NO2S/c1-9-2-4-10(5-3-9)11-8-14-12(17-11)6-7-13(15)16/h2-5,8H,6-7H2,1H3,(H,15,16). The zero-order chi connectivity index (χ0) is 12.3. The van der Waals surface area contributed by atoms with Crippen LogP contribution in [0, 0.1) is 6.92 Å². The smallest absolute Gasteiger partial charge is 0.303 e. The summed E-state index contributed by atoms with van der Waals surface area (Å²) in [5, 5.41) is 9.48. The SMILES string of the molecule is Cc1ccc(-c2cnc(CCC(=O)O)s2)cc1. The first-order valence-electron chi connectivity index (χ1n) is 5.38. The molecular formula is C13H13NO2S. The van der Waals surface area contributed by atoms with E-state index in [-0.39, 0.29) is 6.42 Å². The molecular weight excluding hydrogens is 234 g/mol. The number of aromatic nitrogens is 1. The van der Waals surface area contributed by atoms with Gasteiger partial charge in [-0.25, -0.2) is 4.98 Å². The molecule has 2 aromatic rings. The Morgan fingerprint density at radius 2 is 2.06 bits per heavy atom. The maximum Gasteiger partial charge on any atom is 0.303 e. The van der Waals surface area contributed by atoms with Crippen molar-refractivity contribution in [1.29, 1.82) is 0 Å². The van der Waals surface area contributed by atoms with Crippen molar-refractivity contribution < 1.29 is 9.90 Å². The van der Waals surface area contributed by atoms with Gasteiger partial charge in [-0.3, -0.25) is 4.79 Å². The van der Waals surface area contributed by atoms with Crippen LogP contribution in [0.5, 0.6) is 0 Å². The normalized spacial score (nSPS) is 10.4. The summed E-state index contributed by atoms with van der Waals surface area (Å²) in [5.74, 6) is -0.780. The molecule has 4 heteroatoms.